The Bertz CT molecular complexity index is 698. The van der Waals surface area contributed by atoms with Gasteiger partial charge in [-0.3, -0.25) is 4.79 Å². The van der Waals surface area contributed by atoms with Crippen LogP contribution in [-0.4, -0.2) is 23.2 Å². The van der Waals surface area contributed by atoms with Crippen LogP contribution in [-0.2, 0) is 11.2 Å². The van der Waals surface area contributed by atoms with Gasteiger partial charge in [-0.2, -0.15) is 0 Å². The second-order valence-electron chi connectivity index (χ2n) is 4.93. The minimum Gasteiger partial charge on any atom is -0.496 e. The highest BCUT2D eigenvalue weighted by Gasteiger charge is 2.31. The van der Waals surface area contributed by atoms with Gasteiger partial charge < -0.3 is 9.84 Å². The van der Waals surface area contributed by atoms with E-state index in [1.165, 1.54) is 24.5 Å². The number of hydrogen-bond acceptors (Lipinski definition) is 4. The van der Waals surface area contributed by atoms with E-state index < -0.39 is 17.7 Å². The van der Waals surface area contributed by atoms with Crippen molar-refractivity contribution in [3.8, 4) is 16.3 Å². The quantitative estimate of drug-likeness (QED) is 0.943. The number of ether oxygens (including phenoxy) is 1. The molecule has 110 valence electrons. The first-order valence-electron chi connectivity index (χ1n) is 6.67. The van der Waals surface area contributed by atoms with Crippen molar-refractivity contribution in [1.82, 2.24) is 4.98 Å². The summed E-state index contributed by atoms with van der Waals surface area (Å²) < 4.78 is 19.3. The van der Waals surface area contributed by atoms with E-state index in [1.54, 1.807) is 12.1 Å². The molecule has 0 bridgehead atoms. The van der Waals surface area contributed by atoms with Gasteiger partial charge in [-0.15, -0.1) is 11.3 Å². The zero-order chi connectivity index (χ0) is 15.0. The number of thiazole rings is 1. The highest BCUT2D eigenvalue weighted by atomic mass is 32.1. The molecule has 1 aliphatic carbocycles. The Labute approximate surface area is 125 Å². The monoisotopic (exact) mass is 307 g/mol. The SMILES string of the molecule is COc1cccc(F)c1-c1nc2c(s1)CCCC2C(=O)O. The molecule has 21 heavy (non-hydrogen) atoms. The Kier molecular flexibility index (Phi) is 3.63. The fourth-order valence-electron chi connectivity index (χ4n) is 2.65. The fourth-order valence-corrected chi connectivity index (χ4v) is 3.86. The maximum absolute atomic E-state index is 14.1. The Balaban J connectivity index is 2.12. The van der Waals surface area contributed by atoms with Crippen LogP contribution >= 0.6 is 11.3 Å². The lowest BCUT2D eigenvalue weighted by molar-refractivity contribution is -0.139. The summed E-state index contributed by atoms with van der Waals surface area (Å²) in [5.74, 6) is -1.45. The van der Waals surface area contributed by atoms with Gasteiger partial charge in [0.2, 0.25) is 0 Å². The maximum Gasteiger partial charge on any atom is 0.312 e. The summed E-state index contributed by atoms with van der Waals surface area (Å²) in [6.45, 7) is 0. The molecule has 0 aliphatic heterocycles. The van der Waals surface area contributed by atoms with Gasteiger partial charge >= 0.3 is 5.97 Å². The van der Waals surface area contributed by atoms with E-state index in [0.29, 0.717) is 28.4 Å². The predicted molar refractivity (Wildman–Crippen MR) is 77.4 cm³/mol. The van der Waals surface area contributed by atoms with Crippen molar-refractivity contribution in [2.45, 2.75) is 25.2 Å². The predicted octanol–water partition coefficient (Wildman–Crippen LogP) is 3.46. The molecule has 6 heteroatoms. The molecule has 2 aromatic rings. The number of carbonyl (C=O) groups is 1. The molecule has 1 aromatic heterocycles. The summed E-state index contributed by atoms with van der Waals surface area (Å²) in [5.41, 5.74) is 0.891. The van der Waals surface area contributed by atoms with E-state index in [4.69, 9.17) is 4.74 Å². The lowest BCUT2D eigenvalue weighted by Gasteiger charge is -2.16. The van der Waals surface area contributed by atoms with E-state index in [9.17, 15) is 14.3 Å². The van der Waals surface area contributed by atoms with E-state index in [2.05, 4.69) is 4.98 Å². The first-order chi connectivity index (χ1) is 10.1. The van der Waals surface area contributed by atoms with Crippen LogP contribution < -0.4 is 4.74 Å². The van der Waals surface area contributed by atoms with E-state index in [-0.39, 0.29) is 0 Å². The minimum absolute atomic E-state index is 0.309. The molecule has 4 nitrogen and oxygen atoms in total. The molecule has 1 atom stereocenters. The molecule has 3 rings (SSSR count). The van der Waals surface area contributed by atoms with Gasteiger partial charge in [0.25, 0.3) is 0 Å². The number of carboxylic acid groups (broad SMARTS) is 1. The number of aryl methyl sites for hydroxylation is 1. The van der Waals surface area contributed by atoms with Gasteiger partial charge in [-0.25, -0.2) is 9.37 Å². The first kappa shape index (κ1) is 14.0. The minimum atomic E-state index is -0.867. The van der Waals surface area contributed by atoms with Gasteiger partial charge in [-0.05, 0) is 31.4 Å². The van der Waals surface area contributed by atoms with Gasteiger partial charge in [-0.1, -0.05) is 6.07 Å². The van der Waals surface area contributed by atoms with Crippen LogP contribution in [0.1, 0.15) is 29.3 Å². The summed E-state index contributed by atoms with van der Waals surface area (Å²) in [5, 5.41) is 9.78. The normalized spacial score (nSPS) is 17.3. The largest absolute Gasteiger partial charge is 0.496 e. The summed E-state index contributed by atoms with van der Waals surface area (Å²) in [6, 6.07) is 4.60. The number of rotatable bonds is 3. The molecule has 0 saturated heterocycles. The second-order valence-corrected chi connectivity index (χ2v) is 6.01. The highest BCUT2D eigenvalue weighted by molar-refractivity contribution is 7.15. The van der Waals surface area contributed by atoms with E-state index in [0.717, 1.165) is 17.7 Å². The third-order valence-electron chi connectivity index (χ3n) is 3.66. The van der Waals surface area contributed by atoms with Gasteiger partial charge in [0.1, 0.15) is 16.6 Å². The summed E-state index contributed by atoms with van der Waals surface area (Å²) >= 11 is 1.36. The number of carboxylic acids is 1. The Morgan fingerprint density at radius 1 is 1.52 bits per heavy atom. The number of methoxy groups -OCH3 is 1. The zero-order valence-corrected chi connectivity index (χ0v) is 12.2. The van der Waals surface area contributed by atoms with Crippen molar-refractivity contribution in [2.24, 2.45) is 0 Å². The lowest BCUT2D eigenvalue weighted by atomic mass is 9.91. The molecular formula is C15H14FNO3S. The number of hydrogen-bond donors (Lipinski definition) is 1. The van der Waals surface area contributed by atoms with Crippen molar-refractivity contribution in [1.29, 1.82) is 0 Å². The molecule has 1 heterocycles. The standard InChI is InChI=1S/C15H14FNO3S/c1-20-10-6-3-5-9(16)12(10)14-17-13-8(15(18)19)4-2-7-11(13)21-14/h3,5-6,8H,2,4,7H2,1H3,(H,18,19). The van der Waals surface area contributed by atoms with Crippen LogP contribution in [0.2, 0.25) is 0 Å². The second kappa shape index (κ2) is 5.44. The lowest BCUT2D eigenvalue weighted by Crippen LogP contribution is -2.17. The number of aromatic nitrogens is 1. The third-order valence-corrected chi connectivity index (χ3v) is 4.81. The van der Waals surface area contributed by atoms with Crippen LogP contribution in [0.15, 0.2) is 18.2 Å². The zero-order valence-electron chi connectivity index (χ0n) is 11.4. The van der Waals surface area contributed by atoms with Gasteiger partial charge in [0.05, 0.1) is 24.3 Å². The highest BCUT2D eigenvalue weighted by Crippen LogP contribution is 2.41. The van der Waals surface area contributed by atoms with E-state index in [1.807, 2.05) is 0 Å². The molecule has 1 aromatic carbocycles. The summed E-state index contributed by atoms with van der Waals surface area (Å²) in [4.78, 5) is 16.7. The first-order valence-corrected chi connectivity index (χ1v) is 7.48. The number of nitrogens with zero attached hydrogens (tertiary/aromatic N) is 1. The Morgan fingerprint density at radius 3 is 3.05 bits per heavy atom. The van der Waals surface area contributed by atoms with Gasteiger partial charge in [0, 0.05) is 4.88 Å². The van der Waals surface area contributed by atoms with Crippen molar-refractivity contribution in [3.63, 3.8) is 0 Å². The van der Waals surface area contributed by atoms with Crippen molar-refractivity contribution >= 4 is 17.3 Å². The number of aliphatic carboxylic acids is 1. The van der Waals surface area contributed by atoms with Crippen LogP contribution in [0.3, 0.4) is 0 Å². The van der Waals surface area contributed by atoms with Crippen molar-refractivity contribution in [3.05, 3.63) is 34.6 Å². The number of benzene rings is 1. The van der Waals surface area contributed by atoms with Crippen LogP contribution in [0.25, 0.3) is 10.6 Å². The molecular weight excluding hydrogens is 293 g/mol. The molecule has 0 saturated carbocycles. The fraction of sp³-hybridized carbons (Fsp3) is 0.333. The molecule has 1 aliphatic rings. The topological polar surface area (TPSA) is 59.4 Å². The Morgan fingerprint density at radius 2 is 2.33 bits per heavy atom. The average Bonchev–Trinajstić information content (AvgIpc) is 2.89. The summed E-state index contributed by atoms with van der Waals surface area (Å²) in [6.07, 6.45) is 2.20. The maximum atomic E-state index is 14.1. The van der Waals surface area contributed by atoms with Crippen molar-refractivity contribution in [2.75, 3.05) is 7.11 Å². The van der Waals surface area contributed by atoms with E-state index >= 15 is 0 Å². The molecule has 0 amide bonds. The molecule has 1 unspecified atom stereocenters. The third kappa shape index (κ3) is 2.40. The number of halogens is 1. The smallest absolute Gasteiger partial charge is 0.312 e. The molecule has 0 spiro atoms. The van der Waals surface area contributed by atoms with Crippen molar-refractivity contribution < 1.29 is 19.0 Å². The average molecular weight is 307 g/mol. The molecule has 1 N–H and O–H groups in total. The van der Waals surface area contributed by atoms with Gasteiger partial charge in [0.15, 0.2) is 0 Å². The molecule has 0 radical (unpaired) electrons. The molecule has 0 fully saturated rings. The Hall–Kier alpha value is -1.95. The summed E-state index contributed by atoms with van der Waals surface area (Å²) in [7, 11) is 1.48. The number of fused-ring (bicyclic) bond motifs is 1. The van der Waals surface area contributed by atoms with Crippen LogP contribution in [0.5, 0.6) is 5.75 Å². The van der Waals surface area contributed by atoms with Crippen LogP contribution in [0, 0.1) is 5.82 Å². The van der Waals surface area contributed by atoms with Crippen LogP contribution in [0.4, 0.5) is 4.39 Å².